The molecule has 0 bridgehead atoms. The molecule has 0 aliphatic heterocycles. The van der Waals surface area contributed by atoms with Gasteiger partial charge in [-0.3, -0.25) is 0 Å². The highest BCUT2D eigenvalue weighted by Crippen LogP contribution is 2.38. The highest BCUT2D eigenvalue weighted by atomic mass is 16.5. The van der Waals surface area contributed by atoms with E-state index >= 15 is 0 Å². The second-order valence-electron chi connectivity index (χ2n) is 5.70. The summed E-state index contributed by atoms with van der Waals surface area (Å²) in [5.74, 6) is 2.79. The van der Waals surface area contributed by atoms with Crippen LogP contribution in [0.4, 0.5) is 0 Å². The Bertz CT molecular complexity index is 609. The molecule has 21 heavy (non-hydrogen) atoms. The maximum absolute atomic E-state index is 5.88. The van der Waals surface area contributed by atoms with Crippen LogP contribution in [-0.4, -0.2) is 17.2 Å². The number of rotatable bonds is 6. The van der Waals surface area contributed by atoms with E-state index < -0.39 is 0 Å². The molecule has 0 atom stereocenters. The predicted molar refractivity (Wildman–Crippen MR) is 79.3 cm³/mol. The Morgan fingerprint density at radius 1 is 1.29 bits per heavy atom. The largest absolute Gasteiger partial charge is 0.483 e. The summed E-state index contributed by atoms with van der Waals surface area (Å²) in [6, 6.07) is 4.28. The van der Waals surface area contributed by atoms with Crippen LogP contribution in [0, 0.1) is 13.8 Å². The van der Waals surface area contributed by atoms with Crippen LogP contribution in [0.3, 0.4) is 0 Å². The molecule has 1 aromatic heterocycles. The molecule has 1 aromatic carbocycles. The maximum atomic E-state index is 5.88. The molecule has 0 unspecified atom stereocenters. The molecule has 0 spiro atoms. The van der Waals surface area contributed by atoms with Crippen molar-refractivity contribution in [2.24, 2.45) is 0 Å². The lowest BCUT2D eigenvalue weighted by molar-refractivity contribution is 0.240. The number of hydrogen-bond acceptors (Lipinski definition) is 5. The standard InChI is InChI=1S/C16H21N3O2/c1-10-6-12(8-17-3)7-11(2)15(10)20-9-14-18-16(19-21-14)13-4-5-13/h6-7,13,17H,4-5,8-9H2,1-3H3. The van der Waals surface area contributed by atoms with E-state index in [1.165, 1.54) is 18.4 Å². The zero-order valence-electron chi connectivity index (χ0n) is 12.8. The molecular weight excluding hydrogens is 266 g/mol. The van der Waals surface area contributed by atoms with E-state index in [1.54, 1.807) is 0 Å². The van der Waals surface area contributed by atoms with Gasteiger partial charge < -0.3 is 14.6 Å². The summed E-state index contributed by atoms with van der Waals surface area (Å²) in [5, 5.41) is 7.16. The number of aromatic nitrogens is 2. The molecule has 1 aliphatic carbocycles. The van der Waals surface area contributed by atoms with Crippen LogP contribution in [0.25, 0.3) is 0 Å². The van der Waals surface area contributed by atoms with Gasteiger partial charge in [-0.15, -0.1) is 0 Å². The third kappa shape index (κ3) is 3.24. The number of ether oxygens (including phenoxy) is 1. The summed E-state index contributed by atoms with van der Waals surface area (Å²) in [5.41, 5.74) is 3.51. The number of aryl methyl sites for hydroxylation is 2. The Morgan fingerprint density at radius 2 is 2.00 bits per heavy atom. The first-order valence-electron chi connectivity index (χ1n) is 7.37. The highest BCUT2D eigenvalue weighted by Gasteiger charge is 2.28. The molecule has 0 radical (unpaired) electrons. The number of benzene rings is 1. The topological polar surface area (TPSA) is 60.2 Å². The van der Waals surface area contributed by atoms with Gasteiger partial charge in [0, 0.05) is 12.5 Å². The summed E-state index contributed by atoms with van der Waals surface area (Å²) in [7, 11) is 1.95. The van der Waals surface area contributed by atoms with Crippen molar-refractivity contribution in [2.45, 2.75) is 45.8 Å². The maximum Gasteiger partial charge on any atom is 0.264 e. The van der Waals surface area contributed by atoms with Crippen LogP contribution in [0.2, 0.25) is 0 Å². The predicted octanol–water partition coefficient (Wildman–Crippen LogP) is 2.86. The molecule has 3 rings (SSSR count). The van der Waals surface area contributed by atoms with Crippen molar-refractivity contribution in [3.05, 3.63) is 40.5 Å². The highest BCUT2D eigenvalue weighted by molar-refractivity contribution is 5.43. The minimum absolute atomic E-state index is 0.326. The molecule has 1 fully saturated rings. The molecule has 1 aliphatic rings. The SMILES string of the molecule is CNCc1cc(C)c(OCc2nc(C3CC3)no2)c(C)c1. The van der Waals surface area contributed by atoms with Crippen molar-refractivity contribution in [1.29, 1.82) is 0 Å². The fourth-order valence-corrected chi connectivity index (χ4v) is 2.54. The first-order chi connectivity index (χ1) is 10.2. The molecule has 0 saturated heterocycles. The van der Waals surface area contributed by atoms with Crippen molar-refractivity contribution in [2.75, 3.05) is 7.05 Å². The van der Waals surface area contributed by atoms with Gasteiger partial charge in [0.15, 0.2) is 12.4 Å². The fraction of sp³-hybridized carbons (Fsp3) is 0.500. The van der Waals surface area contributed by atoms with E-state index in [1.807, 2.05) is 7.05 Å². The van der Waals surface area contributed by atoms with Gasteiger partial charge in [-0.05, 0) is 50.4 Å². The van der Waals surface area contributed by atoms with Gasteiger partial charge >= 0.3 is 0 Å². The smallest absolute Gasteiger partial charge is 0.264 e. The minimum atomic E-state index is 0.326. The molecular formula is C16H21N3O2. The quantitative estimate of drug-likeness (QED) is 0.885. The first-order valence-corrected chi connectivity index (χ1v) is 7.37. The summed E-state index contributed by atoms with van der Waals surface area (Å²) in [4.78, 5) is 4.38. The van der Waals surface area contributed by atoms with Crippen molar-refractivity contribution < 1.29 is 9.26 Å². The molecule has 1 heterocycles. The normalized spacial score (nSPS) is 14.4. The van der Waals surface area contributed by atoms with Gasteiger partial charge in [0.05, 0.1) is 0 Å². The second-order valence-corrected chi connectivity index (χ2v) is 5.70. The van der Waals surface area contributed by atoms with Crippen molar-refractivity contribution in [1.82, 2.24) is 15.5 Å². The molecule has 1 N–H and O–H groups in total. The molecule has 1 saturated carbocycles. The van der Waals surface area contributed by atoms with Crippen molar-refractivity contribution >= 4 is 0 Å². The Morgan fingerprint density at radius 3 is 2.62 bits per heavy atom. The van der Waals surface area contributed by atoms with Crippen molar-refractivity contribution in [3.8, 4) is 5.75 Å². The zero-order valence-corrected chi connectivity index (χ0v) is 12.8. The first kappa shape index (κ1) is 14.1. The molecule has 112 valence electrons. The van der Waals surface area contributed by atoms with E-state index in [4.69, 9.17) is 9.26 Å². The summed E-state index contributed by atoms with van der Waals surface area (Å²) >= 11 is 0. The fourth-order valence-electron chi connectivity index (χ4n) is 2.54. The zero-order chi connectivity index (χ0) is 14.8. The summed E-state index contributed by atoms with van der Waals surface area (Å²) in [6.45, 7) is 5.30. The number of hydrogen-bond donors (Lipinski definition) is 1. The average molecular weight is 287 g/mol. The van der Waals surface area contributed by atoms with E-state index in [2.05, 4.69) is 41.4 Å². The third-order valence-corrected chi connectivity index (χ3v) is 3.67. The average Bonchev–Trinajstić information content (AvgIpc) is 3.18. The van der Waals surface area contributed by atoms with Gasteiger partial charge in [0.2, 0.25) is 0 Å². The van der Waals surface area contributed by atoms with Crippen LogP contribution in [0.15, 0.2) is 16.7 Å². The monoisotopic (exact) mass is 287 g/mol. The molecule has 2 aromatic rings. The molecule has 5 nitrogen and oxygen atoms in total. The van der Waals surface area contributed by atoms with Crippen LogP contribution in [-0.2, 0) is 13.2 Å². The Balaban J connectivity index is 1.68. The van der Waals surface area contributed by atoms with Gasteiger partial charge in [-0.25, -0.2) is 0 Å². The lowest BCUT2D eigenvalue weighted by Crippen LogP contribution is -2.06. The third-order valence-electron chi connectivity index (χ3n) is 3.67. The Hall–Kier alpha value is -1.88. The van der Waals surface area contributed by atoms with Gasteiger partial charge in [0.1, 0.15) is 5.75 Å². The minimum Gasteiger partial charge on any atom is -0.483 e. The van der Waals surface area contributed by atoms with Gasteiger partial charge in [-0.2, -0.15) is 4.98 Å². The number of nitrogens with one attached hydrogen (secondary N) is 1. The van der Waals surface area contributed by atoms with E-state index in [0.29, 0.717) is 18.4 Å². The summed E-state index contributed by atoms with van der Waals surface area (Å²) < 4.78 is 11.1. The lowest BCUT2D eigenvalue weighted by atomic mass is 10.1. The van der Waals surface area contributed by atoms with Crippen LogP contribution < -0.4 is 10.1 Å². The summed E-state index contributed by atoms with van der Waals surface area (Å²) in [6.07, 6.45) is 2.34. The van der Waals surface area contributed by atoms with E-state index in [0.717, 1.165) is 29.2 Å². The lowest BCUT2D eigenvalue weighted by Gasteiger charge is -2.12. The van der Waals surface area contributed by atoms with Crippen molar-refractivity contribution in [3.63, 3.8) is 0 Å². The van der Waals surface area contributed by atoms with Crippen LogP contribution in [0.1, 0.15) is 47.2 Å². The van der Waals surface area contributed by atoms with Crippen LogP contribution >= 0.6 is 0 Å². The second kappa shape index (κ2) is 5.85. The number of nitrogens with zero attached hydrogens (tertiary/aromatic N) is 2. The molecule has 0 amide bonds. The van der Waals surface area contributed by atoms with E-state index in [-0.39, 0.29) is 0 Å². The molecule has 5 heteroatoms. The Kier molecular flexibility index (Phi) is 3.92. The van der Waals surface area contributed by atoms with E-state index in [9.17, 15) is 0 Å². The Labute approximate surface area is 124 Å². The van der Waals surface area contributed by atoms with Crippen LogP contribution in [0.5, 0.6) is 5.75 Å². The van der Waals surface area contributed by atoms with Gasteiger partial charge in [0.25, 0.3) is 5.89 Å². The van der Waals surface area contributed by atoms with Gasteiger partial charge in [-0.1, -0.05) is 17.3 Å².